The molecule has 4 heteroatoms. The fraction of sp³-hybridized carbons (Fsp3) is 0.524. The van der Waals surface area contributed by atoms with Crippen molar-refractivity contribution < 1.29 is 4.79 Å². The Bertz CT molecular complexity index is 748. The lowest BCUT2D eigenvalue weighted by molar-refractivity contribution is -0.139. The number of benzene rings is 1. The number of amides is 1. The topological polar surface area (TPSA) is 36.4 Å². The molecule has 1 aromatic heterocycles. The van der Waals surface area contributed by atoms with E-state index in [0.29, 0.717) is 17.9 Å². The highest BCUT2D eigenvalue weighted by molar-refractivity contribution is 5.79. The third-order valence-corrected chi connectivity index (χ3v) is 5.92. The van der Waals surface area contributed by atoms with E-state index in [1.54, 1.807) is 0 Å². The molecule has 0 radical (unpaired) electrons. The lowest BCUT2D eigenvalue weighted by Gasteiger charge is -2.39. The maximum Gasteiger partial charge on any atom is 0.225 e. The van der Waals surface area contributed by atoms with Crippen LogP contribution in [0.25, 0.3) is 10.9 Å². The van der Waals surface area contributed by atoms with Gasteiger partial charge in [-0.1, -0.05) is 30.7 Å². The van der Waals surface area contributed by atoms with Crippen LogP contribution in [0.15, 0.2) is 36.4 Å². The highest BCUT2D eigenvalue weighted by atomic mass is 16.2. The molecule has 0 bridgehead atoms. The van der Waals surface area contributed by atoms with Crippen molar-refractivity contribution in [3.05, 3.63) is 42.1 Å². The molecule has 25 heavy (non-hydrogen) atoms. The Morgan fingerprint density at radius 3 is 2.60 bits per heavy atom. The fourth-order valence-electron chi connectivity index (χ4n) is 4.02. The summed E-state index contributed by atoms with van der Waals surface area (Å²) in [5.74, 6) is 0.736. The van der Waals surface area contributed by atoms with Crippen molar-refractivity contribution in [1.29, 1.82) is 0 Å². The van der Waals surface area contributed by atoms with Crippen molar-refractivity contribution in [2.24, 2.45) is 5.92 Å². The van der Waals surface area contributed by atoms with Crippen molar-refractivity contribution in [3.63, 3.8) is 0 Å². The predicted molar refractivity (Wildman–Crippen MR) is 100 cm³/mol. The van der Waals surface area contributed by atoms with Crippen LogP contribution in [0.3, 0.4) is 0 Å². The van der Waals surface area contributed by atoms with E-state index < -0.39 is 0 Å². The highest BCUT2D eigenvalue weighted by Crippen LogP contribution is 2.29. The van der Waals surface area contributed by atoms with Crippen LogP contribution in [0, 0.1) is 5.92 Å². The van der Waals surface area contributed by atoms with Crippen LogP contribution in [-0.2, 0) is 11.3 Å². The molecule has 1 aliphatic carbocycles. The van der Waals surface area contributed by atoms with E-state index in [9.17, 15) is 4.79 Å². The summed E-state index contributed by atoms with van der Waals surface area (Å²) >= 11 is 0. The monoisotopic (exact) mass is 337 g/mol. The van der Waals surface area contributed by atoms with Gasteiger partial charge in [0.05, 0.1) is 11.2 Å². The van der Waals surface area contributed by atoms with Gasteiger partial charge in [-0.15, -0.1) is 0 Å². The minimum Gasteiger partial charge on any atom is -0.342 e. The molecule has 0 unspecified atom stereocenters. The smallest absolute Gasteiger partial charge is 0.225 e. The number of likely N-dealkylation sites (tertiary alicyclic amines) is 1. The van der Waals surface area contributed by atoms with Crippen LogP contribution in [0.5, 0.6) is 0 Å². The van der Waals surface area contributed by atoms with E-state index in [0.717, 1.165) is 56.5 Å². The summed E-state index contributed by atoms with van der Waals surface area (Å²) in [4.78, 5) is 21.7. The number of rotatable bonds is 4. The third kappa shape index (κ3) is 3.54. The van der Waals surface area contributed by atoms with Gasteiger partial charge in [0.1, 0.15) is 0 Å². The van der Waals surface area contributed by atoms with Gasteiger partial charge < -0.3 is 4.90 Å². The molecule has 1 saturated carbocycles. The van der Waals surface area contributed by atoms with Crippen LogP contribution in [0.1, 0.15) is 37.8 Å². The van der Waals surface area contributed by atoms with E-state index in [-0.39, 0.29) is 0 Å². The van der Waals surface area contributed by atoms with Crippen molar-refractivity contribution in [2.75, 3.05) is 20.1 Å². The zero-order valence-electron chi connectivity index (χ0n) is 15.0. The van der Waals surface area contributed by atoms with Gasteiger partial charge in [-0.2, -0.15) is 0 Å². The molecule has 0 N–H and O–H groups in total. The Kier molecular flexibility index (Phi) is 4.71. The molecule has 1 aromatic carbocycles. The summed E-state index contributed by atoms with van der Waals surface area (Å²) in [5, 5.41) is 1.19. The molecule has 0 atom stereocenters. The number of piperidine rings is 1. The molecular weight excluding hydrogens is 310 g/mol. The quantitative estimate of drug-likeness (QED) is 0.857. The Labute approximate surface area is 149 Å². The second kappa shape index (κ2) is 7.12. The lowest BCUT2D eigenvalue weighted by Crippen LogP contribution is -2.48. The van der Waals surface area contributed by atoms with Crippen molar-refractivity contribution in [1.82, 2.24) is 14.8 Å². The average molecular weight is 337 g/mol. The fourth-order valence-corrected chi connectivity index (χ4v) is 4.02. The number of fused-ring (bicyclic) bond motifs is 1. The number of hydrogen-bond donors (Lipinski definition) is 0. The Morgan fingerprint density at radius 1 is 1.12 bits per heavy atom. The zero-order chi connectivity index (χ0) is 17.2. The molecule has 1 aliphatic heterocycles. The van der Waals surface area contributed by atoms with Crippen molar-refractivity contribution in [3.8, 4) is 0 Å². The van der Waals surface area contributed by atoms with Crippen LogP contribution in [0.4, 0.5) is 0 Å². The van der Waals surface area contributed by atoms with Crippen LogP contribution in [0.2, 0.25) is 0 Å². The molecular formula is C21H27N3O. The summed E-state index contributed by atoms with van der Waals surface area (Å²) in [6, 6.07) is 13.1. The number of carbonyl (C=O) groups is 1. The normalized spacial score (nSPS) is 19.4. The molecule has 0 spiro atoms. The second-order valence-corrected chi connectivity index (χ2v) is 7.59. The van der Waals surface area contributed by atoms with Gasteiger partial charge in [0.15, 0.2) is 0 Å². The van der Waals surface area contributed by atoms with E-state index in [2.05, 4.69) is 47.2 Å². The number of hydrogen-bond acceptors (Lipinski definition) is 3. The van der Waals surface area contributed by atoms with Gasteiger partial charge >= 0.3 is 0 Å². The molecule has 4 rings (SSSR count). The van der Waals surface area contributed by atoms with Gasteiger partial charge in [-0.05, 0) is 44.9 Å². The van der Waals surface area contributed by atoms with Gasteiger partial charge in [0.2, 0.25) is 5.91 Å². The van der Waals surface area contributed by atoms with E-state index >= 15 is 0 Å². The number of pyridine rings is 1. The largest absolute Gasteiger partial charge is 0.342 e. The van der Waals surface area contributed by atoms with Crippen LogP contribution >= 0.6 is 0 Å². The lowest BCUT2D eigenvalue weighted by atomic mass is 9.84. The Balaban J connectivity index is 1.33. The SMILES string of the molecule is CN(Cc1ccc2ccccc2n1)C1CCN(C(=O)C2CCC2)CC1. The molecule has 1 amide bonds. The summed E-state index contributed by atoms with van der Waals surface area (Å²) in [7, 11) is 2.19. The van der Waals surface area contributed by atoms with E-state index in [1.165, 1.54) is 11.8 Å². The highest BCUT2D eigenvalue weighted by Gasteiger charge is 2.32. The second-order valence-electron chi connectivity index (χ2n) is 7.59. The molecule has 1 saturated heterocycles. The minimum absolute atomic E-state index is 0.330. The summed E-state index contributed by atoms with van der Waals surface area (Å²) in [5.41, 5.74) is 2.18. The summed E-state index contributed by atoms with van der Waals surface area (Å²) < 4.78 is 0. The molecule has 2 fully saturated rings. The van der Waals surface area contributed by atoms with Gasteiger partial charge in [0.25, 0.3) is 0 Å². The first kappa shape index (κ1) is 16.5. The van der Waals surface area contributed by atoms with Gasteiger partial charge in [-0.25, -0.2) is 0 Å². The maximum absolute atomic E-state index is 12.4. The van der Waals surface area contributed by atoms with Gasteiger partial charge in [-0.3, -0.25) is 14.7 Å². The first-order chi connectivity index (χ1) is 12.2. The van der Waals surface area contributed by atoms with Crippen molar-refractivity contribution >= 4 is 16.8 Å². The average Bonchev–Trinajstić information content (AvgIpc) is 2.60. The molecule has 2 aromatic rings. The van der Waals surface area contributed by atoms with Crippen molar-refractivity contribution in [2.45, 2.75) is 44.7 Å². The Morgan fingerprint density at radius 2 is 1.88 bits per heavy atom. The van der Waals surface area contributed by atoms with E-state index in [4.69, 9.17) is 4.98 Å². The first-order valence-corrected chi connectivity index (χ1v) is 9.54. The van der Waals surface area contributed by atoms with Gasteiger partial charge in [0, 0.05) is 37.0 Å². The standard InChI is InChI=1S/C21H27N3O/c1-23(15-18-10-9-16-5-2-3-8-20(16)22-18)19-11-13-24(14-12-19)21(25)17-6-4-7-17/h2-3,5,8-10,17,19H,4,6-7,11-15H2,1H3. The third-order valence-electron chi connectivity index (χ3n) is 5.92. The number of para-hydroxylation sites is 1. The summed E-state index contributed by atoms with van der Waals surface area (Å²) in [6.45, 7) is 2.69. The summed E-state index contributed by atoms with van der Waals surface area (Å²) in [6.07, 6.45) is 5.58. The van der Waals surface area contributed by atoms with E-state index in [1.807, 2.05) is 6.07 Å². The van der Waals surface area contributed by atoms with Crippen LogP contribution in [-0.4, -0.2) is 46.9 Å². The molecule has 4 nitrogen and oxygen atoms in total. The number of carbonyl (C=O) groups excluding carboxylic acids is 1. The molecule has 2 heterocycles. The number of aromatic nitrogens is 1. The first-order valence-electron chi connectivity index (χ1n) is 9.54. The maximum atomic E-state index is 12.4. The zero-order valence-corrected chi connectivity index (χ0v) is 15.0. The predicted octanol–water partition coefficient (Wildman–Crippen LogP) is 3.46. The minimum atomic E-state index is 0.330. The van der Waals surface area contributed by atoms with Crippen LogP contribution < -0.4 is 0 Å². The molecule has 132 valence electrons. The Hall–Kier alpha value is -1.94. The molecule has 2 aliphatic rings. The number of nitrogens with zero attached hydrogens (tertiary/aromatic N) is 3.